The lowest BCUT2D eigenvalue weighted by Crippen LogP contribution is -2.49. The van der Waals surface area contributed by atoms with Gasteiger partial charge in [0.05, 0.1) is 10.9 Å². The Morgan fingerprint density at radius 2 is 1.76 bits per heavy atom. The summed E-state index contributed by atoms with van der Waals surface area (Å²) in [7, 11) is -3.90. The Hall–Kier alpha value is -2.58. The van der Waals surface area contributed by atoms with Gasteiger partial charge in [-0.15, -0.1) is 0 Å². The van der Waals surface area contributed by atoms with E-state index in [1.165, 1.54) is 10.4 Å². The molecule has 2 fully saturated rings. The molecule has 0 radical (unpaired) electrons. The summed E-state index contributed by atoms with van der Waals surface area (Å²) in [5.41, 5.74) is 0.988. The maximum Gasteiger partial charge on any atom is 0.244 e. The molecule has 0 aromatic heterocycles. The second kappa shape index (κ2) is 8.99. The highest BCUT2D eigenvalue weighted by atomic mass is 32.2. The molecule has 1 amide bonds. The predicted molar refractivity (Wildman–Crippen MR) is 124 cm³/mol. The van der Waals surface area contributed by atoms with Crippen molar-refractivity contribution < 1.29 is 22.7 Å². The van der Waals surface area contributed by atoms with Gasteiger partial charge in [-0.05, 0) is 49.8 Å². The van der Waals surface area contributed by atoms with Crippen molar-refractivity contribution in [2.75, 3.05) is 13.2 Å². The third-order valence-electron chi connectivity index (χ3n) is 7.08. The van der Waals surface area contributed by atoms with Crippen molar-refractivity contribution in [3.8, 4) is 11.5 Å². The van der Waals surface area contributed by atoms with Gasteiger partial charge in [0.15, 0.2) is 11.5 Å². The lowest BCUT2D eigenvalue weighted by molar-refractivity contribution is -0.125. The highest BCUT2D eigenvalue weighted by Crippen LogP contribution is 2.44. The molecular weight excluding hydrogens is 440 g/mol. The molecule has 3 aliphatic rings. The molecule has 2 aromatic carbocycles. The van der Waals surface area contributed by atoms with Crippen molar-refractivity contribution in [1.82, 2.24) is 9.62 Å². The number of ether oxygens (including phenoxy) is 2. The van der Waals surface area contributed by atoms with Crippen LogP contribution >= 0.6 is 0 Å². The fraction of sp³-hybridized carbons (Fsp3) is 0.480. The summed E-state index contributed by atoms with van der Waals surface area (Å²) < 4.78 is 40.5. The van der Waals surface area contributed by atoms with Gasteiger partial charge >= 0.3 is 0 Å². The number of sulfonamides is 1. The summed E-state index contributed by atoms with van der Waals surface area (Å²) in [6, 6.07) is 13.4. The zero-order valence-corrected chi connectivity index (χ0v) is 19.6. The zero-order valence-electron chi connectivity index (χ0n) is 18.8. The molecule has 1 saturated heterocycles. The van der Waals surface area contributed by atoms with E-state index < -0.39 is 16.1 Å². The van der Waals surface area contributed by atoms with Crippen LogP contribution in [0, 0.1) is 5.92 Å². The Morgan fingerprint density at radius 3 is 2.55 bits per heavy atom. The molecule has 0 unspecified atom stereocenters. The molecule has 1 N–H and O–H groups in total. The topological polar surface area (TPSA) is 84.9 Å². The highest BCUT2D eigenvalue weighted by molar-refractivity contribution is 7.89. The fourth-order valence-corrected chi connectivity index (χ4v) is 7.32. The Kier molecular flexibility index (Phi) is 6.05. The molecule has 1 aliphatic carbocycles. The van der Waals surface area contributed by atoms with E-state index in [4.69, 9.17) is 9.47 Å². The van der Waals surface area contributed by atoms with Gasteiger partial charge < -0.3 is 14.8 Å². The van der Waals surface area contributed by atoms with E-state index in [2.05, 4.69) is 5.32 Å². The van der Waals surface area contributed by atoms with E-state index in [9.17, 15) is 13.2 Å². The summed E-state index contributed by atoms with van der Waals surface area (Å²) in [4.78, 5) is 13.6. The number of fused-ring (bicyclic) bond motifs is 2. The minimum Gasteiger partial charge on any atom is -0.486 e. The Morgan fingerprint density at radius 1 is 1.03 bits per heavy atom. The molecule has 7 nitrogen and oxygen atoms in total. The standard InChI is InChI=1S/C25H30N2O5S/c1-17(18-7-3-2-4-8-18)26-25(28)22-15-19-9-5-6-10-21(19)27(22)33(29,30)20-11-12-23-24(16-20)32-14-13-31-23/h2-4,7-8,11-12,16-17,19,21-22H,5-6,9-10,13-15H2,1H3,(H,26,28)/t17-,19-,21-,22-/m0/s1. The minimum atomic E-state index is -3.90. The van der Waals surface area contributed by atoms with Gasteiger partial charge in [-0.3, -0.25) is 4.79 Å². The number of carbonyl (C=O) groups excluding carboxylic acids is 1. The van der Waals surface area contributed by atoms with E-state index in [1.807, 2.05) is 37.3 Å². The second-order valence-corrected chi connectivity index (χ2v) is 11.0. The highest BCUT2D eigenvalue weighted by Gasteiger charge is 2.51. The summed E-state index contributed by atoms with van der Waals surface area (Å²) in [5.74, 6) is 0.943. The third-order valence-corrected chi connectivity index (χ3v) is 9.01. The van der Waals surface area contributed by atoms with Gasteiger partial charge in [-0.1, -0.05) is 43.2 Å². The molecule has 2 aliphatic heterocycles. The quantitative estimate of drug-likeness (QED) is 0.721. The molecule has 0 spiro atoms. The van der Waals surface area contributed by atoms with Crippen molar-refractivity contribution >= 4 is 15.9 Å². The second-order valence-electron chi connectivity index (χ2n) is 9.14. The molecule has 4 atom stereocenters. The summed E-state index contributed by atoms with van der Waals surface area (Å²) >= 11 is 0. The molecule has 2 aromatic rings. The van der Waals surface area contributed by atoms with E-state index in [0.717, 1.165) is 31.2 Å². The SMILES string of the molecule is C[C@H](NC(=O)[C@@H]1C[C@@H]2CCCC[C@@H]2N1S(=O)(=O)c1ccc2c(c1)OCCO2)c1ccccc1. The van der Waals surface area contributed by atoms with Gasteiger partial charge in [0.2, 0.25) is 15.9 Å². The number of carbonyl (C=O) groups is 1. The van der Waals surface area contributed by atoms with Crippen LogP contribution in [0.3, 0.4) is 0 Å². The number of amides is 1. The van der Waals surface area contributed by atoms with E-state index in [-0.39, 0.29) is 28.8 Å². The lowest BCUT2D eigenvalue weighted by atomic mass is 9.85. The first-order chi connectivity index (χ1) is 15.9. The third kappa shape index (κ3) is 4.22. The zero-order chi connectivity index (χ0) is 23.0. The number of benzene rings is 2. The summed E-state index contributed by atoms with van der Waals surface area (Å²) in [5, 5.41) is 3.06. The van der Waals surface area contributed by atoms with Crippen molar-refractivity contribution in [2.45, 2.75) is 62.0 Å². The number of nitrogens with zero attached hydrogens (tertiary/aromatic N) is 1. The molecule has 2 heterocycles. The van der Waals surface area contributed by atoms with Crippen molar-refractivity contribution in [2.24, 2.45) is 5.92 Å². The average molecular weight is 471 g/mol. The van der Waals surface area contributed by atoms with Crippen molar-refractivity contribution in [3.05, 3.63) is 54.1 Å². The van der Waals surface area contributed by atoms with Gasteiger partial charge in [0, 0.05) is 12.1 Å². The van der Waals surface area contributed by atoms with Crippen molar-refractivity contribution in [3.63, 3.8) is 0 Å². The largest absolute Gasteiger partial charge is 0.486 e. The normalized spacial score (nSPS) is 25.8. The Labute approximate surface area is 195 Å². The molecule has 8 heteroatoms. The molecule has 0 bridgehead atoms. The minimum absolute atomic E-state index is 0.145. The van der Waals surface area contributed by atoms with Crippen LogP contribution in [0.4, 0.5) is 0 Å². The molecule has 33 heavy (non-hydrogen) atoms. The Balaban J connectivity index is 1.45. The van der Waals surface area contributed by atoms with Crippen LogP contribution < -0.4 is 14.8 Å². The average Bonchev–Trinajstić information content (AvgIpc) is 3.25. The first-order valence-electron chi connectivity index (χ1n) is 11.7. The van der Waals surface area contributed by atoms with Gasteiger partial charge in [-0.2, -0.15) is 4.31 Å². The number of rotatable bonds is 5. The summed E-state index contributed by atoms with van der Waals surface area (Å²) in [6.07, 6.45) is 4.35. The number of hydrogen-bond acceptors (Lipinski definition) is 5. The van der Waals surface area contributed by atoms with E-state index in [1.54, 1.807) is 12.1 Å². The maximum atomic E-state index is 13.9. The predicted octanol–water partition coefficient (Wildman–Crippen LogP) is 3.66. The monoisotopic (exact) mass is 470 g/mol. The number of hydrogen-bond donors (Lipinski definition) is 1. The van der Waals surface area contributed by atoms with Crippen LogP contribution in [-0.2, 0) is 14.8 Å². The molecule has 176 valence electrons. The van der Waals surface area contributed by atoms with E-state index >= 15 is 0 Å². The van der Waals surface area contributed by atoms with Crippen molar-refractivity contribution in [1.29, 1.82) is 0 Å². The molecule has 5 rings (SSSR count). The van der Waals surface area contributed by atoms with Crippen LogP contribution in [0.2, 0.25) is 0 Å². The van der Waals surface area contributed by atoms with Crippen LogP contribution in [0.25, 0.3) is 0 Å². The van der Waals surface area contributed by atoms with Gasteiger partial charge in [-0.25, -0.2) is 8.42 Å². The fourth-order valence-electron chi connectivity index (χ4n) is 5.43. The smallest absolute Gasteiger partial charge is 0.244 e. The Bertz CT molecular complexity index is 1120. The lowest BCUT2D eigenvalue weighted by Gasteiger charge is -2.33. The first-order valence-corrected chi connectivity index (χ1v) is 13.2. The van der Waals surface area contributed by atoms with Gasteiger partial charge in [0.25, 0.3) is 0 Å². The molecular formula is C25H30N2O5S. The number of nitrogens with one attached hydrogen (secondary N) is 1. The van der Waals surface area contributed by atoms with Crippen LogP contribution in [0.15, 0.2) is 53.4 Å². The van der Waals surface area contributed by atoms with E-state index in [0.29, 0.717) is 31.1 Å². The molecule has 1 saturated carbocycles. The van der Waals surface area contributed by atoms with Crippen LogP contribution in [0.5, 0.6) is 11.5 Å². The first kappa shape index (κ1) is 22.2. The van der Waals surface area contributed by atoms with Crippen LogP contribution in [-0.4, -0.2) is 43.9 Å². The maximum absolute atomic E-state index is 13.9. The summed E-state index contributed by atoms with van der Waals surface area (Å²) in [6.45, 7) is 2.75. The van der Waals surface area contributed by atoms with Gasteiger partial charge in [0.1, 0.15) is 19.3 Å². The van der Waals surface area contributed by atoms with Crippen LogP contribution in [0.1, 0.15) is 50.6 Å².